The van der Waals surface area contributed by atoms with Gasteiger partial charge in [0, 0.05) is 18.7 Å². The van der Waals surface area contributed by atoms with Crippen LogP contribution >= 0.6 is 0 Å². The summed E-state index contributed by atoms with van der Waals surface area (Å²) >= 11 is 0. The van der Waals surface area contributed by atoms with Crippen LogP contribution in [0.15, 0.2) is 52.7 Å². The second-order valence-corrected chi connectivity index (χ2v) is 8.81. The first-order valence-corrected chi connectivity index (χ1v) is 12.0. The molecule has 0 aliphatic carbocycles. The van der Waals surface area contributed by atoms with E-state index in [1.54, 1.807) is 19.9 Å². The average Bonchev–Trinajstić information content (AvgIpc) is 3.14. The molecule has 1 amide bonds. The van der Waals surface area contributed by atoms with E-state index in [-0.39, 0.29) is 29.9 Å². The first-order valence-electron chi connectivity index (χ1n) is 12.0. The van der Waals surface area contributed by atoms with Crippen LogP contribution in [0.5, 0.6) is 5.75 Å². The van der Waals surface area contributed by atoms with Gasteiger partial charge in [-0.1, -0.05) is 30.3 Å². The topological polar surface area (TPSA) is 107 Å². The zero-order valence-corrected chi connectivity index (χ0v) is 21.0. The fraction of sp³-hybridized carbons (Fsp3) is 0.333. The Balaban J connectivity index is 1.49. The smallest absolute Gasteiger partial charge is 0.320 e. The van der Waals surface area contributed by atoms with Crippen LogP contribution in [0.2, 0.25) is 0 Å². The number of para-hydroxylation sites is 1. The van der Waals surface area contributed by atoms with Gasteiger partial charge in [0.15, 0.2) is 5.71 Å². The lowest BCUT2D eigenvalue weighted by Gasteiger charge is -2.26. The Bertz CT molecular complexity index is 1280. The number of hydrogen-bond acceptors (Lipinski definition) is 8. The van der Waals surface area contributed by atoms with Crippen molar-refractivity contribution in [2.24, 2.45) is 10.2 Å². The summed E-state index contributed by atoms with van der Waals surface area (Å²) < 4.78 is 5.02. The molecule has 0 aromatic heterocycles. The maximum absolute atomic E-state index is 13.1. The van der Waals surface area contributed by atoms with Crippen LogP contribution < -0.4 is 10.4 Å². The molecule has 4 rings (SSSR count). The Morgan fingerprint density at radius 3 is 2.69 bits per heavy atom. The average molecular weight is 490 g/mol. The Kier molecular flexibility index (Phi) is 7.49. The number of hydrogen-bond donors (Lipinski definition) is 2. The van der Waals surface area contributed by atoms with Gasteiger partial charge in [0.05, 0.1) is 30.2 Å². The summed E-state index contributed by atoms with van der Waals surface area (Å²) in [4.78, 5) is 26.8. The minimum absolute atomic E-state index is 0.0540. The lowest BCUT2D eigenvalue weighted by atomic mass is 9.98. The van der Waals surface area contributed by atoms with Crippen molar-refractivity contribution in [2.45, 2.75) is 34.1 Å². The third kappa shape index (κ3) is 5.16. The fourth-order valence-corrected chi connectivity index (χ4v) is 4.25. The molecular weight excluding hydrogens is 458 g/mol. The SMILES string of the molecule is CCOC(=O)CN1CC=C(c2cccc(NN=C3C(=O)N(c4cccc(C)c4C)N=C3C)c2O)CC1. The molecule has 0 atom stereocenters. The number of esters is 1. The second kappa shape index (κ2) is 10.7. The van der Waals surface area contributed by atoms with Gasteiger partial charge in [-0.15, -0.1) is 0 Å². The molecule has 0 fully saturated rings. The molecule has 2 aliphatic heterocycles. The van der Waals surface area contributed by atoms with E-state index in [1.165, 1.54) is 5.01 Å². The van der Waals surface area contributed by atoms with Crippen LogP contribution in [0, 0.1) is 13.8 Å². The molecule has 9 heteroatoms. The Morgan fingerprint density at radius 2 is 1.97 bits per heavy atom. The van der Waals surface area contributed by atoms with E-state index >= 15 is 0 Å². The van der Waals surface area contributed by atoms with Crippen LogP contribution in [-0.4, -0.2) is 59.5 Å². The lowest BCUT2D eigenvalue weighted by molar-refractivity contribution is -0.144. The van der Waals surface area contributed by atoms with Gasteiger partial charge in [-0.2, -0.15) is 15.2 Å². The number of benzene rings is 2. The van der Waals surface area contributed by atoms with Gasteiger partial charge in [0.1, 0.15) is 5.75 Å². The van der Waals surface area contributed by atoms with Gasteiger partial charge in [0.2, 0.25) is 0 Å². The molecule has 188 valence electrons. The van der Waals surface area contributed by atoms with E-state index in [0.29, 0.717) is 43.1 Å². The Morgan fingerprint density at radius 1 is 1.19 bits per heavy atom. The van der Waals surface area contributed by atoms with Crippen molar-refractivity contribution in [2.75, 3.05) is 36.7 Å². The lowest BCUT2D eigenvalue weighted by Crippen LogP contribution is -2.34. The summed E-state index contributed by atoms with van der Waals surface area (Å²) in [6, 6.07) is 11.1. The highest BCUT2D eigenvalue weighted by Crippen LogP contribution is 2.35. The molecule has 2 N–H and O–H groups in total. The van der Waals surface area contributed by atoms with Crippen molar-refractivity contribution < 1.29 is 19.4 Å². The number of carbonyl (C=O) groups is 2. The van der Waals surface area contributed by atoms with Crippen LogP contribution in [0.4, 0.5) is 11.4 Å². The summed E-state index contributed by atoms with van der Waals surface area (Å²) in [6.07, 6.45) is 2.69. The molecule has 9 nitrogen and oxygen atoms in total. The van der Waals surface area contributed by atoms with Crippen LogP contribution in [-0.2, 0) is 14.3 Å². The molecule has 0 spiro atoms. The monoisotopic (exact) mass is 489 g/mol. The number of phenolic OH excluding ortho intramolecular Hbond substituents is 1. The zero-order chi connectivity index (χ0) is 25.8. The van der Waals surface area contributed by atoms with E-state index in [9.17, 15) is 14.7 Å². The highest BCUT2D eigenvalue weighted by molar-refractivity contribution is 6.71. The minimum atomic E-state index is -0.332. The molecular formula is C27H31N5O4. The maximum Gasteiger partial charge on any atom is 0.320 e. The van der Waals surface area contributed by atoms with Crippen molar-refractivity contribution >= 4 is 40.2 Å². The first kappa shape index (κ1) is 25.1. The molecule has 2 heterocycles. The molecule has 2 aromatic carbocycles. The number of nitrogens with zero attached hydrogens (tertiary/aromatic N) is 4. The quantitative estimate of drug-likeness (QED) is 0.348. The predicted molar refractivity (Wildman–Crippen MR) is 141 cm³/mol. The number of nitrogens with one attached hydrogen (secondary N) is 1. The normalized spacial score (nSPS) is 17.3. The van der Waals surface area contributed by atoms with E-state index < -0.39 is 0 Å². The minimum Gasteiger partial charge on any atom is -0.505 e. The summed E-state index contributed by atoms with van der Waals surface area (Å²) in [5.74, 6) is -0.515. The number of rotatable bonds is 7. The third-order valence-electron chi connectivity index (χ3n) is 6.41. The van der Waals surface area contributed by atoms with Crippen molar-refractivity contribution in [3.63, 3.8) is 0 Å². The number of amides is 1. The van der Waals surface area contributed by atoms with Gasteiger partial charge >= 0.3 is 11.9 Å². The molecule has 0 unspecified atom stereocenters. The number of ether oxygens (including phenoxy) is 1. The van der Waals surface area contributed by atoms with Gasteiger partial charge in [-0.05, 0) is 62.9 Å². The van der Waals surface area contributed by atoms with Crippen LogP contribution in [0.3, 0.4) is 0 Å². The number of aryl methyl sites for hydroxylation is 1. The molecule has 0 radical (unpaired) electrons. The number of aromatic hydroxyl groups is 1. The summed E-state index contributed by atoms with van der Waals surface area (Å²) in [6.45, 7) is 9.35. The largest absolute Gasteiger partial charge is 0.505 e. The van der Waals surface area contributed by atoms with Crippen LogP contribution in [0.25, 0.3) is 5.57 Å². The van der Waals surface area contributed by atoms with E-state index in [1.807, 2.05) is 55.2 Å². The summed E-state index contributed by atoms with van der Waals surface area (Å²) in [5, 5.41) is 21.0. The second-order valence-electron chi connectivity index (χ2n) is 8.81. The van der Waals surface area contributed by atoms with E-state index in [4.69, 9.17) is 4.74 Å². The molecule has 2 aromatic rings. The van der Waals surface area contributed by atoms with Gasteiger partial charge in [-0.3, -0.25) is 19.9 Å². The molecule has 36 heavy (non-hydrogen) atoms. The Hall–Kier alpha value is -3.98. The standard InChI is InChI=1S/C27H31N5O4/c1-5-36-24(33)16-31-14-12-20(13-15-31)21-9-7-10-22(26(21)34)28-29-25-19(4)30-32(27(25)35)23-11-6-8-17(2)18(23)3/h6-12,28,34H,5,13-16H2,1-4H3. The molecule has 2 aliphatic rings. The molecule has 0 saturated heterocycles. The maximum atomic E-state index is 13.1. The summed E-state index contributed by atoms with van der Waals surface area (Å²) in [5.41, 5.74) is 8.36. The number of phenols is 1. The number of anilines is 2. The number of hydrazone groups is 2. The van der Waals surface area contributed by atoms with Crippen molar-refractivity contribution in [1.29, 1.82) is 0 Å². The van der Waals surface area contributed by atoms with Crippen molar-refractivity contribution in [3.05, 3.63) is 59.2 Å². The van der Waals surface area contributed by atoms with Gasteiger partial charge in [0.25, 0.3) is 0 Å². The molecule has 0 bridgehead atoms. The Labute approximate surface area is 210 Å². The zero-order valence-electron chi connectivity index (χ0n) is 21.0. The van der Waals surface area contributed by atoms with E-state index in [0.717, 1.165) is 22.4 Å². The summed E-state index contributed by atoms with van der Waals surface area (Å²) in [7, 11) is 0. The first-order chi connectivity index (χ1) is 17.3. The van der Waals surface area contributed by atoms with Gasteiger partial charge < -0.3 is 9.84 Å². The predicted octanol–water partition coefficient (Wildman–Crippen LogP) is 3.85. The number of carbonyl (C=O) groups excluding carboxylic acids is 2. The van der Waals surface area contributed by atoms with Crippen molar-refractivity contribution in [1.82, 2.24) is 4.90 Å². The third-order valence-corrected chi connectivity index (χ3v) is 6.41. The van der Waals surface area contributed by atoms with E-state index in [2.05, 4.69) is 15.6 Å². The van der Waals surface area contributed by atoms with Crippen LogP contribution in [0.1, 0.15) is 37.0 Å². The highest BCUT2D eigenvalue weighted by Gasteiger charge is 2.32. The molecule has 0 saturated carbocycles. The van der Waals surface area contributed by atoms with Gasteiger partial charge in [-0.25, -0.2) is 0 Å². The van der Waals surface area contributed by atoms with Crippen molar-refractivity contribution in [3.8, 4) is 5.75 Å². The fourth-order valence-electron chi connectivity index (χ4n) is 4.25. The highest BCUT2D eigenvalue weighted by atomic mass is 16.5.